The molecular formula is C15H14N2O3. The fourth-order valence-electron chi connectivity index (χ4n) is 1.76. The van der Waals surface area contributed by atoms with E-state index in [0.717, 1.165) is 0 Å². The van der Waals surface area contributed by atoms with Crippen LogP contribution >= 0.6 is 0 Å². The maximum absolute atomic E-state index is 12.1. The largest absolute Gasteiger partial charge is 0.505 e. The Morgan fingerprint density at radius 2 is 1.85 bits per heavy atom. The minimum atomic E-state index is -0.490. The van der Waals surface area contributed by atoms with Gasteiger partial charge in [-0.1, -0.05) is 18.2 Å². The van der Waals surface area contributed by atoms with Crippen molar-refractivity contribution >= 4 is 23.1 Å². The van der Waals surface area contributed by atoms with Gasteiger partial charge in [0.2, 0.25) is 0 Å². The summed E-state index contributed by atoms with van der Waals surface area (Å²) in [6.07, 6.45) is 0. The first-order chi connectivity index (χ1) is 9.49. The van der Waals surface area contributed by atoms with Gasteiger partial charge in [-0.15, -0.1) is 0 Å². The standard InChI is InChI=1S/C15H14N2O3/c1-9(18)10-4-2-5-11(8-10)17-15(20)12-6-3-7-13(16)14(12)19/h2-8,19H,16H2,1H3,(H,17,20). The maximum Gasteiger partial charge on any atom is 0.259 e. The average molecular weight is 270 g/mol. The molecule has 5 heteroatoms. The second-order valence-electron chi connectivity index (χ2n) is 4.33. The predicted molar refractivity (Wildman–Crippen MR) is 76.9 cm³/mol. The number of para-hydroxylation sites is 1. The SMILES string of the molecule is CC(=O)c1cccc(NC(=O)c2cccc(N)c2O)c1. The average Bonchev–Trinajstić information content (AvgIpc) is 2.42. The first-order valence-corrected chi connectivity index (χ1v) is 5.99. The first kappa shape index (κ1) is 13.6. The van der Waals surface area contributed by atoms with Crippen LogP contribution in [0.15, 0.2) is 42.5 Å². The highest BCUT2D eigenvalue weighted by Gasteiger charge is 2.13. The minimum absolute atomic E-state index is 0.0817. The Hall–Kier alpha value is -2.82. The van der Waals surface area contributed by atoms with Crippen LogP contribution in [0.2, 0.25) is 0 Å². The number of phenolic OH excluding ortho intramolecular Hbond substituents is 1. The van der Waals surface area contributed by atoms with Gasteiger partial charge < -0.3 is 16.2 Å². The molecule has 0 radical (unpaired) electrons. The topological polar surface area (TPSA) is 92.4 Å². The molecule has 0 fully saturated rings. The van der Waals surface area contributed by atoms with E-state index in [4.69, 9.17) is 5.73 Å². The summed E-state index contributed by atoms with van der Waals surface area (Å²) in [6.45, 7) is 1.45. The Morgan fingerprint density at radius 1 is 1.15 bits per heavy atom. The molecule has 0 saturated heterocycles. The zero-order valence-corrected chi connectivity index (χ0v) is 10.9. The molecule has 4 N–H and O–H groups in total. The van der Waals surface area contributed by atoms with E-state index in [0.29, 0.717) is 11.3 Å². The van der Waals surface area contributed by atoms with E-state index in [1.807, 2.05) is 0 Å². The fraction of sp³-hybridized carbons (Fsp3) is 0.0667. The zero-order chi connectivity index (χ0) is 14.7. The van der Waals surface area contributed by atoms with Gasteiger partial charge in [0.15, 0.2) is 11.5 Å². The normalized spacial score (nSPS) is 10.1. The molecule has 0 aliphatic carbocycles. The number of hydrogen-bond acceptors (Lipinski definition) is 4. The summed E-state index contributed by atoms with van der Waals surface area (Å²) >= 11 is 0. The summed E-state index contributed by atoms with van der Waals surface area (Å²) in [4.78, 5) is 23.3. The van der Waals surface area contributed by atoms with Crippen molar-refractivity contribution in [3.05, 3.63) is 53.6 Å². The highest BCUT2D eigenvalue weighted by molar-refractivity contribution is 6.07. The third-order valence-corrected chi connectivity index (χ3v) is 2.84. The maximum atomic E-state index is 12.1. The van der Waals surface area contributed by atoms with Crippen LogP contribution < -0.4 is 11.1 Å². The van der Waals surface area contributed by atoms with E-state index in [1.54, 1.807) is 30.3 Å². The van der Waals surface area contributed by atoms with Crippen LogP contribution in [0.5, 0.6) is 5.75 Å². The Labute approximate surface area is 116 Å². The van der Waals surface area contributed by atoms with Crippen molar-refractivity contribution in [2.45, 2.75) is 6.92 Å². The number of nitrogens with two attached hydrogens (primary N) is 1. The monoisotopic (exact) mass is 270 g/mol. The first-order valence-electron chi connectivity index (χ1n) is 5.99. The van der Waals surface area contributed by atoms with E-state index in [1.165, 1.54) is 19.1 Å². The number of ketones is 1. The highest BCUT2D eigenvalue weighted by atomic mass is 16.3. The van der Waals surface area contributed by atoms with Crippen LogP contribution in [0.3, 0.4) is 0 Å². The number of rotatable bonds is 3. The Kier molecular flexibility index (Phi) is 3.70. The summed E-state index contributed by atoms with van der Waals surface area (Å²) in [5, 5.41) is 12.4. The number of aromatic hydroxyl groups is 1. The second kappa shape index (κ2) is 5.44. The van der Waals surface area contributed by atoms with Crippen molar-refractivity contribution < 1.29 is 14.7 Å². The highest BCUT2D eigenvalue weighted by Crippen LogP contribution is 2.25. The lowest BCUT2D eigenvalue weighted by Gasteiger charge is -2.08. The van der Waals surface area contributed by atoms with Gasteiger partial charge in [-0.2, -0.15) is 0 Å². The van der Waals surface area contributed by atoms with Crippen LogP contribution in [0, 0.1) is 0 Å². The summed E-state index contributed by atoms with van der Waals surface area (Å²) in [6, 6.07) is 11.1. The van der Waals surface area contributed by atoms with E-state index < -0.39 is 5.91 Å². The van der Waals surface area contributed by atoms with E-state index >= 15 is 0 Å². The second-order valence-corrected chi connectivity index (χ2v) is 4.33. The van der Waals surface area contributed by atoms with Crippen LogP contribution in [-0.4, -0.2) is 16.8 Å². The Balaban J connectivity index is 2.26. The zero-order valence-electron chi connectivity index (χ0n) is 10.9. The number of amides is 1. The molecule has 102 valence electrons. The van der Waals surface area contributed by atoms with Gasteiger partial charge in [0.25, 0.3) is 5.91 Å². The van der Waals surface area contributed by atoms with Gasteiger partial charge >= 0.3 is 0 Å². The number of carbonyl (C=O) groups excluding carboxylic acids is 2. The van der Waals surface area contributed by atoms with Crippen molar-refractivity contribution in [1.29, 1.82) is 0 Å². The summed E-state index contributed by atoms with van der Waals surface area (Å²) < 4.78 is 0. The number of anilines is 2. The predicted octanol–water partition coefficient (Wildman–Crippen LogP) is 2.43. The van der Waals surface area contributed by atoms with Crippen LogP contribution in [0.25, 0.3) is 0 Å². The molecule has 2 aromatic carbocycles. The molecule has 0 aromatic heterocycles. The number of nitrogen functional groups attached to an aromatic ring is 1. The van der Waals surface area contributed by atoms with Gasteiger partial charge in [0.1, 0.15) is 0 Å². The lowest BCUT2D eigenvalue weighted by molar-refractivity contribution is 0.101. The molecule has 1 amide bonds. The smallest absolute Gasteiger partial charge is 0.259 e. The van der Waals surface area contributed by atoms with Gasteiger partial charge in [-0.3, -0.25) is 9.59 Å². The molecule has 2 aromatic rings. The van der Waals surface area contributed by atoms with E-state index in [-0.39, 0.29) is 22.8 Å². The van der Waals surface area contributed by atoms with E-state index in [9.17, 15) is 14.7 Å². The minimum Gasteiger partial charge on any atom is -0.505 e. The third-order valence-electron chi connectivity index (χ3n) is 2.84. The molecule has 0 aliphatic heterocycles. The van der Waals surface area contributed by atoms with Crippen LogP contribution in [0.1, 0.15) is 27.6 Å². The van der Waals surface area contributed by atoms with Crippen molar-refractivity contribution in [2.24, 2.45) is 0 Å². The van der Waals surface area contributed by atoms with Crippen molar-refractivity contribution in [2.75, 3.05) is 11.1 Å². The molecule has 0 bridgehead atoms. The molecular weight excluding hydrogens is 256 g/mol. The molecule has 5 nitrogen and oxygen atoms in total. The Bertz CT molecular complexity index is 681. The number of benzene rings is 2. The lowest BCUT2D eigenvalue weighted by Crippen LogP contribution is -2.13. The fourth-order valence-corrected chi connectivity index (χ4v) is 1.76. The molecule has 0 saturated carbocycles. The third kappa shape index (κ3) is 2.77. The summed E-state index contributed by atoms with van der Waals surface area (Å²) in [5.41, 5.74) is 6.73. The van der Waals surface area contributed by atoms with Crippen molar-refractivity contribution in [3.63, 3.8) is 0 Å². The van der Waals surface area contributed by atoms with Crippen molar-refractivity contribution in [3.8, 4) is 5.75 Å². The molecule has 0 heterocycles. The molecule has 2 rings (SSSR count). The lowest BCUT2D eigenvalue weighted by atomic mass is 10.1. The van der Waals surface area contributed by atoms with Gasteiger partial charge in [-0.05, 0) is 31.2 Å². The number of carbonyl (C=O) groups is 2. The van der Waals surface area contributed by atoms with Gasteiger partial charge in [-0.25, -0.2) is 0 Å². The quantitative estimate of drug-likeness (QED) is 0.453. The van der Waals surface area contributed by atoms with Crippen LogP contribution in [-0.2, 0) is 0 Å². The van der Waals surface area contributed by atoms with E-state index in [2.05, 4.69) is 5.32 Å². The number of nitrogens with one attached hydrogen (secondary N) is 1. The van der Waals surface area contributed by atoms with Gasteiger partial charge in [0.05, 0.1) is 11.3 Å². The molecule has 0 unspecified atom stereocenters. The molecule has 20 heavy (non-hydrogen) atoms. The van der Waals surface area contributed by atoms with Gasteiger partial charge in [0, 0.05) is 11.3 Å². The Morgan fingerprint density at radius 3 is 2.55 bits per heavy atom. The summed E-state index contributed by atoms with van der Waals surface area (Å²) in [7, 11) is 0. The molecule has 0 aliphatic rings. The number of phenols is 1. The van der Waals surface area contributed by atoms with Crippen LogP contribution in [0.4, 0.5) is 11.4 Å². The summed E-state index contributed by atoms with van der Waals surface area (Å²) in [5.74, 6) is -0.837. The molecule has 0 spiro atoms. The van der Waals surface area contributed by atoms with Crippen molar-refractivity contribution in [1.82, 2.24) is 0 Å². The molecule has 0 atom stereocenters. The number of hydrogen-bond donors (Lipinski definition) is 3. The number of Topliss-reactive ketones (excluding diaryl/α,β-unsaturated/α-hetero) is 1.